The number of hydrogen-bond donors (Lipinski definition) is 2. The van der Waals surface area contributed by atoms with Crippen LogP contribution in [0.5, 0.6) is 11.5 Å². The maximum Gasteiger partial charge on any atom is 0.315 e. The summed E-state index contributed by atoms with van der Waals surface area (Å²) in [6.45, 7) is 5.83. The molecule has 2 N–H and O–H groups in total. The summed E-state index contributed by atoms with van der Waals surface area (Å²) in [7, 11) is 1.71. The van der Waals surface area contributed by atoms with Crippen LogP contribution in [0.3, 0.4) is 0 Å². The molecule has 0 radical (unpaired) electrons. The Bertz CT molecular complexity index is 1090. The minimum atomic E-state index is -0.789. The van der Waals surface area contributed by atoms with Gasteiger partial charge in [-0.2, -0.15) is 0 Å². The standard InChI is InChI=1S/C17H16BrN5O4/c1-7-8(2)13(15(18)19-9(7)3)17-21-20-16(22(17)4)10-5-11(23(26)27)14(25)12(24)6-10/h5-6,24-25H,1-4H3. The van der Waals surface area contributed by atoms with Gasteiger partial charge in [0, 0.05) is 24.4 Å². The summed E-state index contributed by atoms with van der Waals surface area (Å²) in [6.07, 6.45) is 0. The predicted octanol–water partition coefficient (Wildman–Crippen LogP) is 3.55. The zero-order chi connectivity index (χ0) is 20.0. The van der Waals surface area contributed by atoms with Gasteiger partial charge in [0.25, 0.3) is 0 Å². The van der Waals surface area contributed by atoms with Gasteiger partial charge in [-0.3, -0.25) is 10.1 Å². The minimum Gasteiger partial charge on any atom is -0.504 e. The maximum absolute atomic E-state index is 11.1. The van der Waals surface area contributed by atoms with Gasteiger partial charge in [-0.05, 0) is 53.9 Å². The molecule has 0 saturated carbocycles. The Labute approximate surface area is 162 Å². The molecule has 3 rings (SSSR count). The first-order valence-corrected chi connectivity index (χ1v) is 8.66. The summed E-state index contributed by atoms with van der Waals surface area (Å²) in [5.41, 5.74) is 3.30. The van der Waals surface area contributed by atoms with E-state index in [0.717, 1.165) is 28.5 Å². The third-order valence-electron chi connectivity index (χ3n) is 4.58. The summed E-state index contributed by atoms with van der Waals surface area (Å²) < 4.78 is 2.27. The van der Waals surface area contributed by atoms with Gasteiger partial charge in [0.15, 0.2) is 17.4 Å². The van der Waals surface area contributed by atoms with Crippen molar-refractivity contribution in [1.29, 1.82) is 0 Å². The summed E-state index contributed by atoms with van der Waals surface area (Å²) in [6, 6.07) is 2.35. The number of nitrogens with zero attached hydrogens (tertiary/aromatic N) is 5. The van der Waals surface area contributed by atoms with Crippen molar-refractivity contribution in [3.8, 4) is 34.3 Å². The molecule has 2 heterocycles. The van der Waals surface area contributed by atoms with Crippen molar-refractivity contribution >= 4 is 21.6 Å². The maximum atomic E-state index is 11.1. The van der Waals surface area contributed by atoms with Gasteiger partial charge in [-0.15, -0.1) is 10.2 Å². The van der Waals surface area contributed by atoms with E-state index in [1.54, 1.807) is 11.6 Å². The van der Waals surface area contributed by atoms with E-state index in [2.05, 4.69) is 31.1 Å². The Morgan fingerprint density at radius 3 is 2.37 bits per heavy atom. The Balaban J connectivity index is 2.22. The van der Waals surface area contributed by atoms with Crippen molar-refractivity contribution in [2.75, 3.05) is 0 Å². The monoisotopic (exact) mass is 433 g/mol. The van der Waals surface area contributed by atoms with Crippen molar-refractivity contribution in [3.63, 3.8) is 0 Å². The van der Waals surface area contributed by atoms with Crippen LogP contribution in [0.1, 0.15) is 16.8 Å². The molecule has 140 valence electrons. The Kier molecular flexibility index (Phi) is 4.60. The summed E-state index contributed by atoms with van der Waals surface area (Å²) in [5.74, 6) is -0.579. The quantitative estimate of drug-likeness (QED) is 0.279. The molecule has 2 aromatic heterocycles. The molecule has 0 unspecified atom stereocenters. The van der Waals surface area contributed by atoms with Gasteiger partial charge in [0.1, 0.15) is 4.60 Å². The van der Waals surface area contributed by atoms with Gasteiger partial charge >= 0.3 is 5.69 Å². The van der Waals surface area contributed by atoms with E-state index in [4.69, 9.17) is 0 Å². The van der Waals surface area contributed by atoms with Crippen LogP contribution in [0.4, 0.5) is 5.69 Å². The number of halogens is 1. The fourth-order valence-corrected chi connectivity index (χ4v) is 3.57. The second-order valence-corrected chi connectivity index (χ2v) is 6.89. The van der Waals surface area contributed by atoms with E-state index < -0.39 is 22.1 Å². The van der Waals surface area contributed by atoms with Crippen LogP contribution in [-0.2, 0) is 7.05 Å². The SMILES string of the molecule is Cc1nc(Br)c(-c2nnc(-c3cc(O)c(O)c([N+](=O)[O-])c3)n2C)c(C)c1C. The van der Waals surface area contributed by atoms with Gasteiger partial charge in [0.2, 0.25) is 5.75 Å². The fourth-order valence-electron chi connectivity index (χ4n) is 2.83. The normalized spacial score (nSPS) is 11.0. The number of aromatic nitrogens is 4. The number of phenols is 2. The molecular formula is C17H16BrN5O4. The number of aromatic hydroxyl groups is 2. The van der Waals surface area contributed by atoms with E-state index in [9.17, 15) is 20.3 Å². The minimum absolute atomic E-state index is 0.254. The van der Waals surface area contributed by atoms with Crippen LogP contribution >= 0.6 is 15.9 Å². The topological polar surface area (TPSA) is 127 Å². The molecule has 0 amide bonds. The lowest BCUT2D eigenvalue weighted by atomic mass is 10.0. The highest BCUT2D eigenvalue weighted by atomic mass is 79.9. The van der Waals surface area contributed by atoms with E-state index in [-0.39, 0.29) is 5.56 Å². The highest BCUT2D eigenvalue weighted by molar-refractivity contribution is 9.10. The summed E-state index contributed by atoms with van der Waals surface area (Å²) in [5, 5.41) is 38.9. The lowest BCUT2D eigenvalue weighted by molar-refractivity contribution is -0.385. The molecule has 0 bridgehead atoms. The lowest BCUT2D eigenvalue weighted by Crippen LogP contribution is -2.02. The molecule has 0 saturated heterocycles. The number of pyridine rings is 1. The zero-order valence-corrected chi connectivity index (χ0v) is 16.6. The number of benzene rings is 1. The van der Waals surface area contributed by atoms with Crippen LogP contribution in [0.2, 0.25) is 0 Å². The molecular weight excluding hydrogens is 418 g/mol. The van der Waals surface area contributed by atoms with E-state index >= 15 is 0 Å². The largest absolute Gasteiger partial charge is 0.504 e. The number of nitro benzene ring substituents is 1. The first kappa shape index (κ1) is 18.8. The smallest absolute Gasteiger partial charge is 0.315 e. The Hall–Kier alpha value is -3.01. The summed E-state index contributed by atoms with van der Waals surface area (Å²) in [4.78, 5) is 14.8. The van der Waals surface area contributed by atoms with Gasteiger partial charge in [-0.1, -0.05) is 0 Å². The Morgan fingerprint density at radius 2 is 1.74 bits per heavy atom. The first-order valence-electron chi connectivity index (χ1n) is 7.87. The van der Waals surface area contributed by atoms with Gasteiger partial charge in [0.05, 0.1) is 10.5 Å². The molecule has 0 atom stereocenters. The molecule has 1 aromatic carbocycles. The van der Waals surface area contributed by atoms with Crippen LogP contribution in [0.25, 0.3) is 22.8 Å². The average Bonchev–Trinajstić information content (AvgIpc) is 2.96. The zero-order valence-electron chi connectivity index (χ0n) is 15.0. The van der Waals surface area contributed by atoms with Crippen molar-refractivity contribution in [1.82, 2.24) is 19.7 Å². The van der Waals surface area contributed by atoms with Crippen LogP contribution in [-0.4, -0.2) is 34.9 Å². The molecule has 0 spiro atoms. The molecule has 9 nitrogen and oxygen atoms in total. The number of phenolic OH excluding ortho intramolecular Hbond substituents is 2. The van der Waals surface area contributed by atoms with Crippen molar-refractivity contribution in [2.24, 2.45) is 7.05 Å². The number of hydrogen-bond acceptors (Lipinski definition) is 7. The summed E-state index contributed by atoms with van der Waals surface area (Å²) >= 11 is 3.47. The van der Waals surface area contributed by atoms with E-state index in [1.165, 1.54) is 6.07 Å². The number of aryl methyl sites for hydroxylation is 1. The number of rotatable bonds is 3. The van der Waals surface area contributed by atoms with Crippen LogP contribution in [0, 0.1) is 30.9 Å². The molecule has 0 aliphatic carbocycles. The van der Waals surface area contributed by atoms with E-state index in [0.29, 0.717) is 16.3 Å². The highest BCUT2D eigenvalue weighted by Crippen LogP contribution is 2.40. The van der Waals surface area contributed by atoms with E-state index in [1.807, 2.05) is 20.8 Å². The Morgan fingerprint density at radius 1 is 1.11 bits per heavy atom. The second-order valence-electron chi connectivity index (χ2n) is 6.14. The third kappa shape index (κ3) is 3.01. The predicted molar refractivity (Wildman–Crippen MR) is 102 cm³/mol. The number of nitro groups is 1. The second kappa shape index (κ2) is 6.62. The van der Waals surface area contributed by atoms with Gasteiger partial charge < -0.3 is 14.8 Å². The molecule has 0 fully saturated rings. The molecule has 27 heavy (non-hydrogen) atoms. The van der Waals surface area contributed by atoms with Crippen molar-refractivity contribution in [2.45, 2.75) is 20.8 Å². The van der Waals surface area contributed by atoms with Crippen LogP contribution in [0.15, 0.2) is 16.7 Å². The van der Waals surface area contributed by atoms with Crippen molar-refractivity contribution in [3.05, 3.63) is 43.7 Å². The molecule has 3 aromatic rings. The molecule has 10 heteroatoms. The van der Waals surface area contributed by atoms with Gasteiger partial charge in [-0.25, -0.2) is 4.98 Å². The lowest BCUT2D eigenvalue weighted by Gasteiger charge is -2.13. The highest BCUT2D eigenvalue weighted by Gasteiger charge is 2.24. The fraction of sp³-hybridized carbons (Fsp3) is 0.235. The molecule has 0 aliphatic heterocycles. The van der Waals surface area contributed by atoms with Crippen molar-refractivity contribution < 1.29 is 15.1 Å². The molecule has 0 aliphatic rings. The third-order valence-corrected chi connectivity index (χ3v) is 5.15. The average molecular weight is 434 g/mol. The first-order chi connectivity index (χ1) is 12.6. The van der Waals surface area contributed by atoms with Crippen LogP contribution < -0.4 is 0 Å².